The zero-order valence-electron chi connectivity index (χ0n) is 16.7. The second kappa shape index (κ2) is 10.4. The number of anilines is 1. The SMILES string of the molecule is O=C(Nc1nccs1)c1ccccc1OC(OCc1cccc(F)c1)c1ccc(Cl)cc1. The zero-order chi connectivity index (χ0) is 22.3. The van der Waals surface area contributed by atoms with Crippen molar-refractivity contribution in [1.82, 2.24) is 4.98 Å². The van der Waals surface area contributed by atoms with Gasteiger partial charge in [-0.25, -0.2) is 9.37 Å². The fourth-order valence-corrected chi connectivity index (χ4v) is 3.59. The third kappa shape index (κ3) is 5.70. The summed E-state index contributed by atoms with van der Waals surface area (Å²) in [4.78, 5) is 16.9. The van der Waals surface area contributed by atoms with E-state index in [-0.39, 0.29) is 18.3 Å². The fourth-order valence-electron chi connectivity index (χ4n) is 2.94. The van der Waals surface area contributed by atoms with E-state index in [9.17, 15) is 9.18 Å². The number of rotatable bonds is 8. The maximum absolute atomic E-state index is 13.6. The molecule has 0 spiro atoms. The Hall–Kier alpha value is -3.26. The molecule has 3 aromatic carbocycles. The predicted octanol–water partition coefficient (Wildman–Crippen LogP) is 6.48. The van der Waals surface area contributed by atoms with Crippen LogP contribution in [0.4, 0.5) is 9.52 Å². The summed E-state index contributed by atoms with van der Waals surface area (Å²) in [5, 5.41) is 5.58. The summed E-state index contributed by atoms with van der Waals surface area (Å²) in [7, 11) is 0. The van der Waals surface area contributed by atoms with Crippen LogP contribution in [0.15, 0.2) is 84.4 Å². The number of aromatic nitrogens is 1. The summed E-state index contributed by atoms with van der Waals surface area (Å²) in [6.45, 7) is 0.110. The summed E-state index contributed by atoms with van der Waals surface area (Å²) in [6.07, 6.45) is 0.754. The van der Waals surface area contributed by atoms with Crippen LogP contribution in [0, 0.1) is 5.82 Å². The Morgan fingerprint density at radius 3 is 2.66 bits per heavy atom. The first-order valence-corrected chi connectivity index (χ1v) is 10.9. The number of nitrogens with zero attached hydrogens (tertiary/aromatic N) is 1. The van der Waals surface area contributed by atoms with Crippen molar-refractivity contribution in [3.8, 4) is 5.75 Å². The number of ether oxygens (including phenoxy) is 2. The Morgan fingerprint density at radius 2 is 1.91 bits per heavy atom. The number of benzene rings is 3. The first kappa shape index (κ1) is 22.0. The van der Waals surface area contributed by atoms with Gasteiger partial charge < -0.3 is 9.47 Å². The van der Waals surface area contributed by atoms with Crippen molar-refractivity contribution < 1.29 is 18.7 Å². The molecule has 1 heterocycles. The second-order valence-electron chi connectivity index (χ2n) is 6.73. The van der Waals surface area contributed by atoms with Gasteiger partial charge in [-0.3, -0.25) is 10.1 Å². The summed E-state index contributed by atoms with van der Waals surface area (Å²) in [5.41, 5.74) is 1.68. The van der Waals surface area contributed by atoms with E-state index in [1.807, 2.05) is 0 Å². The predicted molar refractivity (Wildman–Crippen MR) is 123 cm³/mol. The van der Waals surface area contributed by atoms with Gasteiger partial charge in [-0.1, -0.05) is 48.0 Å². The minimum absolute atomic E-state index is 0.110. The van der Waals surface area contributed by atoms with Crippen molar-refractivity contribution in [2.75, 3.05) is 5.32 Å². The minimum Gasteiger partial charge on any atom is -0.460 e. The van der Waals surface area contributed by atoms with Crippen LogP contribution in [-0.4, -0.2) is 10.9 Å². The molecule has 0 aliphatic carbocycles. The van der Waals surface area contributed by atoms with Gasteiger partial charge >= 0.3 is 0 Å². The van der Waals surface area contributed by atoms with E-state index in [0.717, 1.165) is 0 Å². The lowest BCUT2D eigenvalue weighted by Crippen LogP contribution is -2.17. The van der Waals surface area contributed by atoms with E-state index in [2.05, 4.69) is 10.3 Å². The Morgan fingerprint density at radius 1 is 1.09 bits per heavy atom. The first-order valence-electron chi connectivity index (χ1n) is 9.66. The molecule has 32 heavy (non-hydrogen) atoms. The molecule has 1 atom stereocenters. The van der Waals surface area contributed by atoms with Crippen LogP contribution in [0.25, 0.3) is 0 Å². The van der Waals surface area contributed by atoms with E-state index >= 15 is 0 Å². The molecule has 1 amide bonds. The second-order valence-corrected chi connectivity index (χ2v) is 8.06. The summed E-state index contributed by atoms with van der Waals surface area (Å²) in [5.74, 6) is -0.365. The molecule has 0 bridgehead atoms. The average molecular weight is 469 g/mol. The Kier molecular flexibility index (Phi) is 7.11. The topological polar surface area (TPSA) is 60.5 Å². The number of para-hydroxylation sites is 1. The minimum atomic E-state index is -0.857. The third-order valence-electron chi connectivity index (χ3n) is 4.45. The van der Waals surface area contributed by atoms with Crippen molar-refractivity contribution in [1.29, 1.82) is 0 Å². The molecule has 0 saturated carbocycles. The molecule has 4 rings (SSSR count). The first-order chi connectivity index (χ1) is 15.6. The van der Waals surface area contributed by atoms with E-state index < -0.39 is 6.29 Å². The summed E-state index contributed by atoms with van der Waals surface area (Å²) in [6, 6.07) is 20.0. The van der Waals surface area contributed by atoms with Crippen LogP contribution in [0.5, 0.6) is 5.75 Å². The van der Waals surface area contributed by atoms with Gasteiger partial charge in [-0.05, 0) is 42.0 Å². The van der Waals surface area contributed by atoms with E-state index in [4.69, 9.17) is 21.1 Å². The van der Waals surface area contributed by atoms with Crippen LogP contribution in [0.2, 0.25) is 5.02 Å². The van der Waals surface area contributed by atoms with Gasteiger partial charge in [0.2, 0.25) is 6.29 Å². The number of nitrogens with one attached hydrogen (secondary N) is 1. The molecule has 0 saturated heterocycles. The molecule has 0 aliphatic rings. The number of carbonyl (C=O) groups excluding carboxylic acids is 1. The molecule has 0 fully saturated rings. The van der Waals surface area contributed by atoms with Crippen molar-refractivity contribution in [2.45, 2.75) is 12.9 Å². The van der Waals surface area contributed by atoms with E-state index in [0.29, 0.717) is 32.6 Å². The molecule has 8 heteroatoms. The normalized spacial score (nSPS) is 11.7. The van der Waals surface area contributed by atoms with Crippen molar-refractivity contribution >= 4 is 34.0 Å². The number of hydrogen-bond donors (Lipinski definition) is 1. The molecular formula is C24H18ClFN2O3S. The Balaban J connectivity index is 1.58. The fraction of sp³-hybridized carbons (Fsp3) is 0.0833. The van der Waals surface area contributed by atoms with Crippen LogP contribution in [-0.2, 0) is 11.3 Å². The van der Waals surface area contributed by atoms with Gasteiger partial charge in [0, 0.05) is 22.2 Å². The number of amides is 1. The lowest BCUT2D eigenvalue weighted by molar-refractivity contribution is -0.0931. The van der Waals surface area contributed by atoms with Crippen molar-refractivity contribution in [3.63, 3.8) is 0 Å². The lowest BCUT2D eigenvalue weighted by Gasteiger charge is -2.21. The van der Waals surface area contributed by atoms with Crippen LogP contribution in [0.1, 0.15) is 27.8 Å². The molecule has 1 aromatic heterocycles. The number of carbonyl (C=O) groups is 1. The van der Waals surface area contributed by atoms with Gasteiger partial charge in [0.25, 0.3) is 5.91 Å². The highest BCUT2D eigenvalue weighted by atomic mass is 35.5. The van der Waals surface area contributed by atoms with Crippen molar-refractivity contribution in [2.24, 2.45) is 0 Å². The highest BCUT2D eigenvalue weighted by molar-refractivity contribution is 7.13. The third-order valence-corrected chi connectivity index (χ3v) is 5.39. The Bertz CT molecular complexity index is 1190. The van der Waals surface area contributed by atoms with E-state index in [1.165, 1.54) is 23.5 Å². The standard InChI is InChI=1S/C24H18ClFN2O3S/c25-18-10-8-17(9-11-18)23(30-15-16-4-3-5-19(26)14-16)31-21-7-2-1-6-20(21)22(29)28-24-27-12-13-32-24/h1-14,23H,15H2,(H,27,28,29). The maximum atomic E-state index is 13.6. The molecule has 0 radical (unpaired) electrons. The Labute approximate surface area is 193 Å². The number of halogens is 2. The van der Waals surface area contributed by atoms with Crippen LogP contribution < -0.4 is 10.1 Å². The molecule has 5 nitrogen and oxygen atoms in total. The van der Waals surface area contributed by atoms with Crippen LogP contribution in [0.3, 0.4) is 0 Å². The largest absolute Gasteiger partial charge is 0.460 e. The van der Waals surface area contributed by atoms with E-state index in [1.54, 1.807) is 72.2 Å². The maximum Gasteiger partial charge on any atom is 0.261 e. The van der Waals surface area contributed by atoms with Gasteiger partial charge in [-0.15, -0.1) is 11.3 Å². The van der Waals surface area contributed by atoms with Gasteiger partial charge in [0.1, 0.15) is 11.6 Å². The number of thiazole rings is 1. The quantitative estimate of drug-likeness (QED) is 0.300. The van der Waals surface area contributed by atoms with Gasteiger partial charge in [0.05, 0.1) is 12.2 Å². The van der Waals surface area contributed by atoms with Gasteiger partial charge in [0.15, 0.2) is 5.13 Å². The highest BCUT2D eigenvalue weighted by Crippen LogP contribution is 2.29. The molecule has 1 N–H and O–H groups in total. The molecule has 162 valence electrons. The molecule has 4 aromatic rings. The molecule has 0 aliphatic heterocycles. The van der Waals surface area contributed by atoms with Crippen molar-refractivity contribution in [3.05, 3.63) is 112 Å². The summed E-state index contributed by atoms with van der Waals surface area (Å²) >= 11 is 7.34. The highest BCUT2D eigenvalue weighted by Gasteiger charge is 2.20. The smallest absolute Gasteiger partial charge is 0.261 e. The average Bonchev–Trinajstić information content (AvgIpc) is 3.30. The monoisotopic (exact) mass is 468 g/mol. The molecule has 1 unspecified atom stereocenters. The van der Waals surface area contributed by atoms with Gasteiger partial charge in [-0.2, -0.15) is 0 Å². The molecular weight excluding hydrogens is 451 g/mol. The number of hydrogen-bond acceptors (Lipinski definition) is 5. The summed E-state index contributed by atoms with van der Waals surface area (Å²) < 4.78 is 25.7. The lowest BCUT2D eigenvalue weighted by atomic mass is 10.1. The zero-order valence-corrected chi connectivity index (χ0v) is 18.3. The van der Waals surface area contributed by atoms with Crippen LogP contribution >= 0.6 is 22.9 Å².